The zero-order valence-electron chi connectivity index (χ0n) is 30.1. The van der Waals surface area contributed by atoms with Crippen molar-refractivity contribution in [1.29, 1.82) is 0 Å². The summed E-state index contributed by atoms with van der Waals surface area (Å²) in [5.41, 5.74) is 0. The molecule has 0 aliphatic rings. The average Bonchev–Trinajstić information content (AvgIpc) is 2.97. The quantitative estimate of drug-likeness (QED) is 0.0316. The zero-order chi connectivity index (χ0) is 33.7. The number of rotatable bonds is 33. The molecule has 8 nitrogen and oxygen atoms in total. The van der Waals surface area contributed by atoms with Crippen molar-refractivity contribution >= 4 is 13.7 Å². The van der Waals surface area contributed by atoms with Crippen molar-refractivity contribution < 1.29 is 32.9 Å². The van der Waals surface area contributed by atoms with Gasteiger partial charge in [0, 0.05) is 6.42 Å². The van der Waals surface area contributed by atoms with E-state index in [-0.39, 0.29) is 19.1 Å². The number of hydrogen-bond acceptors (Lipinski definition) is 6. The molecule has 9 heteroatoms. The minimum atomic E-state index is -4.54. The first kappa shape index (κ1) is 44.2. The number of nitrogens with one attached hydrogen (secondary N) is 1. The van der Waals surface area contributed by atoms with Crippen LogP contribution in [0.15, 0.2) is 12.2 Å². The molecule has 268 valence electrons. The largest absolute Gasteiger partial charge is 0.756 e. The molecular formula is C36H73N2O6P. The monoisotopic (exact) mass is 661 g/mol. The van der Waals surface area contributed by atoms with E-state index in [0.717, 1.165) is 38.5 Å². The maximum atomic E-state index is 12.7. The second-order valence-electron chi connectivity index (χ2n) is 13.9. The Kier molecular flexibility index (Phi) is 28.9. The first-order chi connectivity index (χ1) is 21.5. The Bertz CT molecular complexity index is 758. The third-order valence-corrected chi connectivity index (χ3v) is 9.22. The van der Waals surface area contributed by atoms with Crippen LogP contribution in [0.1, 0.15) is 162 Å². The topological polar surface area (TPSA) is 108 Å². The van der Waals surface area contributed by atoms with Gasteiger partial charge in [0.25, 0.3) is 7.82 Å². The Hall–Kier alpha value is -0.760. The number of phosphoric acid groups is 1. The first-order valence-electron chi connectivity index (χ1n) is 18.5. The normalized spacial score (nSPS) is 14.9. The third kappa shape index (κ3) is 31.6. The van der Waals surface area contributed by atoms with Crippen LogP contribution in [0.5, 0.6) is 0 Å². The van der Waals surface area contributed by atoms with E-state index in [2.05, 4.69) is 31.3 Å². The average molecular weight is 661 g/mol. The van der Waals surface area contributed by atoms with Crippen molar-refractivity contribution in [2.24, 2.45) is 0 Å². The molecule has 0 aliphatic heterocycles. The molecule has 3 atom stereocenters. The summed E-state index contributed by atoms with van der Waals surface area (Å²) in [4.78, 5) is 25.0. The number of carbonyl (C=O) groups excluding carboxylic acids is 1. The molecule has 0 saturated heterocycles. The highest BCUT2D eigenvalue weighted by Gasteiger charge is 2.24. The lowest BCUT2D eigenvalue weighted by atomic mass is 10.0. The van der Waals surface area contributed by atoms with Crippen LogP contribution in [0.4, 0.5) is 0 Å². The number of phosphoric ester groups is 1. The molecule has 3 unspecified atom stereocenters. The molecule has 0 fully saturated rings. The molecule has 0 bridgehead atoms. The van der Waals surface area contributed by atoms with Crippen LogP contribution >= 0.6 is 7.82 Å². The number of hydrogen-bond donors (Lipinski definition) is 2. The Labute approximate surface area is 278 Å². The third-order valence-electron chi connectivity index (χ3n) is 8.25. The van der Waals surface area contributed by atoms with Gasteiger partial charge in [-0.15, -0.1) is 0 Å². The van der Waals surface area contributed by atoms with Gasteiger partial charge in [0.15, 0.2) is 0 Å². The summed E-state index contributed by atoms with van der Waals surface area (Å²) < 4.78 is 23.0. The molecule has 2 N–H and O–H groups in total. The van der Waals surface area contributed by atoms with Crippen LogP contribution in [0.2, 0.25) is 0 Å². The highest BCUT2D eigenvalue weighted by atomic mass is 31.2. The predicted octanol–water partition coefficient (Wildman–Crippen LogP) is 8.61. The van der Waals surface area contributed by atoms with E-state index in [9.17, 15) is 19.4 Å². The van der Waals surface area contributed by atoms with Gasteiger partial charge >= 0.3 is 0 Å². The number of allylic oxidation sites excluding steroid dienone is 2. The van der Waals surface area contributed by atoms with Crippen molar-refractivity contribution in [3.8, 4) is 0 Å². The van der Waals surface area contributed by atoms with E-state index in [1.54, 1.807) is 0 Å². The second kappa shape index (κ2) is 29.4. The lowest BCUT2D eigenvalue weighted by Gasteiger charge is -2.30. The van der Waals surface area contributed by atoms with Gasteiger partial charge in [0.2, 0.25) is 5.91 Å². The van der Waals surface area contributed by atoms with Gasteiger partial charge in [0.05, 0.1) is 39.9 Å². The molecule has 0 rings (SSSR count). The maximum absolute atomic E-state index is 12.7. The predicted molar refractivity (Wildman–Crippen MR) is 187 cm³/mol. The molecule has 0 saturated carbocycles. The number of aliphatic hydroxyl groups excluding tert-OH is 1. The Balaban J connectivity index is 4.29. The van der Waals surface area contributed by atoms with Crippen molar-refractivity contribution in [3.05, 3.63) is 12.2 Å². The van der Waals surface area contributed by atoms with Gasteiger partial charge in [-0.25, -0.2) is 0 Å². The van der Waals surface area contributed by atoms with Crippen LogP contribution in [-0.2, 0) is 18.4 Å². The molecule has 0 aromatic heterocycles. The number of aliphatic hydroxyl groups is 1. The fourth-order valence-corrected chi connectivity index (χ4v) is 5.93. The first-order valence-corrected chi connectivity index (χ1v) is 20.0. The van der Waals surface area contributed by atoms with Crippen LogP contribution in [0, 0.1) is 0 Å². The number of unbranched alkanes of at least 4 members (excludes halogenated alkanes) is 18. The maximum Gasteiger partial charge on any atom is 0.268 e. The van der Waals surface area contributed by atoms with Crippen LogP contribution in [0.25, 0.3) is 0 Å². The van der Waals surface area contributed by atoms with Gasteiger partial charge in [-0.1, -0.05) is 129 Å². The summed E-state index contributed by atoms with van der Waals surface area (Å²) in [5.74, 6) is -0.176. The molecule has 0 radical (unpaired) electrons. The summed E-state index contributed by atoms with van der Waals surface area (Å²) in [6, 6.07) is -0.794. The summed E-state index contributed by atoms with van der Waals surface area (Å²) in [6.07, 6.45) is 29.5. The van der Waals surface area contributed by atoms with Gasteiger partial charge in [0.1, 0.15) is 13.2 Å². The van der Waals surface area contributed by atoms with E-state index >= 15 is 0 Å². The van der Waals surface area contributed by atoms with Gasteiger partial charge in [-0.2, -0.15) is 0 Å². The van der Waals surface area contributed by atoms with Crippen LogP contribution in [-0.4, -0.2) is 68.5 Å². The number of amides is 1. The fourth-order valence-electron chi connectivity index (χ4n) is 5.21. The fraction of sp³-hybridized carbons (Fsp3) is 0.917. The molecular weight excluding hydrogens is 587 g/mol. The van der Waals surface area contributed by atoms with E-state index in [1.807, 2.05) is 21.1 Å². The second-order valence-corrected chi connectivity index (χ2v) is 15.3. The van der Waals surface area contributed by atoms with Crippen molar-refractivity contribution in [2.75, 3.05) is 40.9 Å². The van der Waals surface area contributed by atoms with E-state index < -0.39 is 20.0 Å². The van der Waals surface area contributed by atoms with Gasteiger partial charge in [-0.3, -0.25) is 9.36 Å². The van der Waals surface area contributed by atoms with Crippen LogP contribution < -0.4 is 10.2 Å². The van der Waals surface area contributed by atoms with Crippen molar-refractivity contribution in [1.82, 2.24) is 5.32 Å². The van der Waals surface area contributed by atoms with E-state index in [1.165, 1.54) is 96.3 Å². The summed E-state index contributed by atoms with van der Waals surface area (Å²) in [5, 5.41) is 13.7. The Morgan fingerprint density at radius 3 is 1.73 bits per heavy atom. The van der Waals surface area contributed by atoms with Gasteiger partial charge < -0.3 is 28.8 Å². The summed E-state index contributed by atoms with van der Waals surface area (Å²) in [6.45, 7) is 4.62. The molecule has 1 amide bonds. The number of quaternary nitrogens is 1. The highest BCUT2D eigenvalue weighted by Crippen LogP contribution is 2.38. The van der Waals surface area contributed by atoms with Crippen LogP contribution in [0.3, 0.4) is 0 Å². The van der Waals surface area contributed by atoms with Gasteiger partial charge in [-0.05, 0) is 38.5 Å². The zero-order valence-corrected chi connectivity index (χ0v) is 31.0. The summed E-state index contributed by atoms with van der Waals surface area (Å²) >= 11 is 0. The number of carbonyl (C=O) groups is 1. The summed E-state index contributed by atoms with van der Waals surface area (Å²) in [7, 11) is 1.30. The lowest BCUT2D eigenvalue weighted by molar-refractivity contribution is -0.870. The Morgan fingerprint density at radius 1 is 0.756 bits per heavy atom. The number of likely N-dealkylation sites (N-methyl/N-ethyl adjacent to an activating group) is 1. The lowest BCUT2D eigenvalue weighted by Crippen LogP contribution is -2.46. The SMILES string of the molecule is CCCCCCCC/C=C\CCCCCCCCCC(=O)NC(COP(=O)([O-])OCC[N+](C)(C)C)C(O)CCCCCCCC. The minimum Gasteiger partial charge on any atom is -0.756 e. The molecule has 0 aromatic rings. The van der Waals surface area contributed by atoms with Crippen molar-refractivity contribution in [2.45, 2.75) is 174 Å². The molecule has 0 aromatic carbocycles. The standard InChI is InChI=1S/C36H73N2O6P/c1-6-8-10-12-14-15-16-17-18-19-20-21-22-23-24-26-28-30-36(40)37-34(35(39)29-27-25-13-11-9-7-2)33-44-45(41,42)43-32-31-38(3,4)5/h17-18,34-35,39H,6-16,19-33H2,1-5H3,(H-,37,40,41,42)/b18-17-. The minimum absolute atomic E-state index is 0.0119. The molecule has 0 spiro atoms. The van der Waals surface area contributed by atoms with E-state index in [0.29, 0.717) is 23.9 Å². The van der Waals surface area contributed by atoms with E-state index in [4.69, 9.17) is 9.05 Å². The molecule has 0 aliphatic carbocycles. The van der Waals surface area contributed by atoms with Crippen molar-refractivity contribution in [3.63, 3.8) is 0 Å². The smallest absolute Gasteiger partial charge is 0.268 e. The highest BCUT2D eigenvalue weighted by molar-refractivity contribution is 7.45. The molecule has 45 heavy (non-hydrogen) atoms. The number of nitrogens with zero attached hydrogens (tertiary/aromatic N) is 1. The Morgan fingerprint density at radius 2 is 1.22 bits per heavy atom. The molecule has 0 heterocycles.